The van der Waals surface area contributed by atoms with E-state index in [1.165, 1.54) is 0 Å². The lowest BCUT2D eigenvalue weighted by Gasteiger charge is -2.12. The summed E-state index contributed by atoms with van der Waals surface area (Å²) in [4.78, 5) is 9.68. The van der Waals surface area contributed by atoms with Crippen molar-refractivity contribution in [3.63, 3.8) is 0 Å². The zero-order chi connectivity index (χ0) is 21.2. The first-order valence-corrected chi connectivity index (χ1v) is 10.6. The Morgan fingerprint density at radius 2 is 1.39 bits per heavy atom. The van der Waals surface area contributed by atoms with Crippen LogP contribution < -0.4 is 0 Å². The van der Waals surface area contributed by atoms with Gasteiger partial charge >= 0.3 is 0 Å². The molecule has 0 unspecified atom stereocenters. The lowest BCUT2D eigenvalue weighted by molar-refractivity contribution is 1.23. The van der Waals surface area contributed by atoms with Crippen molar-refractivity contribution in [3.8, 4) is 39.8 Å². The number of hydrogen-bond donors (Lipinski definition) is 0. The summed E-state index contributed by atoms with van der Waals surface area (Å²) in [7, 11) is 0. The quantitative estimate of drug-likeness (QED) is 0.283. The number of nitrogens with zero attached hydrogens (tertiary/aromatic N) is 3. The third-order valence-electron chi connectivity index (χ3n) is 5.21. The van der Waals surface area contributed by atoms with Crippen LogP contribution >= 0.6 is 15.9 Å². The molecule has 4 aromatic carbocycles. The summed E-state index contributed by atoms with van der Waals surface area (Å²) in [5.41, 5.74) is 6.02. The van der Waals surface area contributed by atoms with Gasteiger partial charge in [-0.2, -0.15) is 5.26 Å². The molecule has 146 valence electrons. The highest BCUT2D eigenvalue weighted by Gasteiger charge is 2.15. The summed E-state index contributed by atoms with van der Waals surface area (Å²) in [6, 6.07) is 34.2. The van der Waals surface area contributed by atoms with E-state index in [0.717, 1.165) is 43.3 Å². The maximum absolute atomic E-state index is 9.94. The zero-order valence-corrected chi connectivity index (χ0v) is 18.0. The molecule has 3 nitrogen and oxygen atoms in total. The van der Waals surface area contributed by atoms with Crippen molar-refractivity contribution in [2.75, 3.05) is 0 Å². The predicted molar refractivity (Wildman–Crippen MR) is 128 cm³/mol. The maximum atomic E-state index is 9.94. The summed E-state index contributed by atoms with van der Waals surface area (Å²) in [6.45, 7) is 0. The monoisotopic (exact) mass is 461 g/mol. The lowest BCUT2D eigenvalue weighted by Crippen LogP contribution is -1.97. The molecule has 0 saturated heterocycles. The Balaban J connectivity index is 1.73. The number of rotatable bonds is 3. The number of para-hydroxylation sites is 1. The first kappa shape index (κ1) is 19.2. The second kappa shape index (κ2) is 8.14. The highest BCUT2D eigenvalue weighted by molar-refractivity contribution is 9.10. The molecule has 0 saturated carbocycles. The second-order valence-electron chi connectivity index (χ2n) is 7.16. The molecule has 0 atom stereocenters. The fraction of sp³-hybridized carbons (Fsp3) is 0. The van der Waals surface area contributed by atoms with Crippen LogP contribution in [0.5, 0.6) is 0 Å². The number of halogens is 1. The van der Waals surface area contributed by atoms with Gasteiger partial charge in [0.15, 0.2) is 5.82 Å². The van der Waals surface area contributed by atoms with Crippen molar-refractivity contribution in [1.29, 1.82) is 5.26 Å². The van der Waals surface area contributed by atoms with Crippen molar-refractivity contribution >= 4 is 26.8 Å². The van der Waals surface area contributed by atoms with Crippen molar-refractivity contribution in [2.24, 2.45) is 0 Å². The first-order valence-electron chi connectivity index (χ1n) is 9.85. The smallest absolute Gasteiger partial charge is 0.160 e. The Bertz CT molecular complexity index is 1440. The fourth-order valence-electron chi connectivity index (χ4n) is 3.66. The Hall–Kier alpha value is -3.81. The van der Waals surface area contributed by atoms with Gasteiger partial charge in [0.25, 0.3) is 0 Å². The minimum Gasteiger partial charge on any atom is -0.228 e. The van der Waals surface area contributed by atoms with Gasteiger partial charge in [-0.25, -0.2) is 9.97 Å². The van der Waals surface area contributed by atoms with E-state index in [9.17, 15) is 5.26 Å². The highest BCUT2D eigenvalue weighted by atomic mass is 79.9. The third kappa shape index (κ3) is 3.72. The van der Waals surface area contributed by atoms with Crippen LogP contribution in [-0.4, -0.2) is 9.97 Å². The van der Waals surface area contributed by atoms with E-state index in [2.05, 4.69) is 22.0 Å². The Kier molecular flexibility index (Phi) is 5.03. The summed E-state index contributed by atoms with van der Waals surface area (Å²) in [5, 5.41) is 10.9. The molecule has 0 radical (unpaired) electrons. The molecule has 0 bridgehead atoms. The lowest BCUT2D eigenvalue weighted by atomic mass is 9.96. The van der Waals surface area contributed by atoms with E-state index in [-0.39, 0.29) is 0 Å². The largest absolute Gasteiger partial charge is 0.228 e. The van der Waals surface area contributed by atoms with Gasteiger partial charge in [-0.15, -0.1) is 0 Å². The molecular formula is C27H16BrN3. The van der Waals surface area contributed by atoms with Gasteiger partial charge in [0.1, 0.15) is 0 Å². The van der Waals surface area contributed by atoms with Gasteiger partial charge in [-0.3, -0.25) is 0 Å². The first-order chi connectivity index (χ1) is 15.2. The Morgan fingerprint density at radius 1 is 0.677 bits per heavy atom. The van der Waals surface area contributed by atoms with Crippen LogP contribution in [0, 0.1) is 11.3 Å². The van der Waals surface area contributed by atoms with Crippen LogP contribution in [0.4, 0.5) is 0 Å². The van der Waals surface area contributed by atoms with Crippen molar-refractivity contribution < 1.29 is 0 Å². The number of hydrogen-bond acceptors (Lipinski definition) is 3. The molecule has 0 amide bonds. The summed E-state index contributed by atoms with van der Waals surface area (Å²) < 4.78 is 1.00. The molecule has 4 heteroatoms. The van der Waals surface area contributed by atoms with Crippen LogP contribution in [0.2, 0.25) is 0 Å². The minimum absolute atomic E-state index is 0.590. The van der Waals surface area contributed by atoms with Gasteiger partial charge in [-0.05, 0) is 35.4 Å². The SMILES string of the molecule is N#Cc1cc(-c2ccccc2)ccc1-c1nc(-c2ccc(Br)cc2)nc2ccccc12. The van der Waals surface area contributed by atoms with Gasteiger partial charge in [0.05, 0.1) is 22.8 Å². The molecule has 0 aliphatic heterocycles. The van der Waals surface area contributed by atoms with Gasteiger partial charge < -0.3 is 0 Å². The number of fused-ring (bicyclic) bond motifs is 1. The zero-order valence-electron chi connectivity index (χ0n) is 16.5. The predicted octanol–water partition coefficient (Wildman–Crippen LogP) is 7.26. The highest BCUT2D eigenvalue weighted by Crippen LogP contribution is 2.33. The van der Waals surface area contributed by atoms with E-state index >= 15 is 0 Å². The van der Waals surface area contributed by atoms with Gasteiger partial charge in [-0.1, -0.05) is 88.7 Å². The van der Waals surface area contributed by atoms with Crippen molar-refractivity contribution in [1.82, 2.24) is 9.97 Å². The van der Waals surface area contributed by atoms with Crippen molar-refractivity contribution in [2.45, 2.75) is 0 Å². The fourth-order valence-corrected chi connectivity index (χ4v) is 3.93. The summed E-state index contributed by atoms with van der Waals surface area (Å²) in [5.74, 6) is 0.636. The summed E-state index contributed by atoms with van der Waals surface area (Å²) >= 11 is 3.48. The second-order valence-corrected chi connectivity index (χ2v) is 8.07. The van der Waals surface area contributed by atoms with E-state index < -0.39 is 0 Å². The van der Waals surface area contributed by atoms with Crippen molar-refractivity contribution in [3.05, 3.63) is 107 Å². The molecule has 1 aromatic heterocycles. The molecule has 0 spiro atoms. The Morgan fingerprint density at radius 3 is 2.16 bits per heavy atom. The normalized spacial score (nSPS) is 10.7. The van der Waals surface area contributed by atoms with Crippen LogP contribution in [-0.2, 0) is 0 Å². The Labute approximate surface area is 188 Å². The average Bonchev–Trinajstić information content (AvgIpc) is 2.84. The molecule has 5 aromatic rings. The summed E-state index contributed by atoms with van der Waals surface area (Å²) in [6.07, 6.45) is 0. The number of benzene rings is 4. The van der Waals surface area contributed by atoms with E-state index in [1.54, 1.807) is 0 Å². The third-order valence-corrected chi connectivity index (χ3v) is 5.74. The number of nitriles is 1. The van der Waals surface area contributed by atoms with Crippen LogP contribution in [0.3, 0.4) is 0 Å². The topological polar surface area (TPSA) is 49.6 Å². The molecule has 0 aliphatic rings. The van der Waals surface area contributed by atoms with Crippen LogP contribution in [0.1, 0.15) is 5.56 Å². The van der Waals surface area contributed by atoms with Gasteiger partial charge in [0.2, 0.25) is 0 Å². The molecule has 0 N–H and O–H groups in total. The van der Waals surface area contributed by atoms with Crippen LogP contribution in [0.15, 0.2) is 102 Å². The van der Waals surface area contributed by atoms with Crippen LogP contribution in [0.25, 0.3) is 44.7 Å². The maximum Gasteiger partial charge on any atom is 0.160 e. The molecule has 1 heterocycles. The standard InChI is InChI=1S/C27H16BrN3/c28-22-13-10-19(11-14-22)27-30-25-9-5-4-8-24(25)26(31-27)23-15-12-20(16-21(23)17-29)18-6-2-1-3-7-18/h1-16H. The molecule has 0 fully saturated rings. The van der Waals surface area contributed by atoms with Gasteiger partial charge in [0, 0.05) is 21.0 Å². The minimum atomic E-state index is 0.590. The van der Waals surface area contributed by atoms with E-state index in [0.29, 0.717) is 11.4 Å². The number of aromatic nitrogens is 2. The molecule has 5 rings (SSSR count). The molecule has 31 heavy (non-hydrogen) atoms. The molecule has 0 aliphatic carbocycles. The van der Waals surface area contributed by atoms with E-state index in [4.69, 9.17) is 9.97 Å². The van der Waals surface area contributed by atoms with E-state index in [1.807, 2.05) is 97.1 Å². The average molecular weight is 462 g/mol. The molecular weight excluding hydrogens is 446 g/mol.